The van der Waals surface area contributed by atoms with Crippen molar-refractivity contribution >= 4 is 80.4 Å². The summed E-state index contributed by atoms with van der Waals surface area (Å²) in [6.45, 7) is 4.28. The second-order valence-corrected chi connectivity index (χ2v) is 9.65. The van der Waals surface area contributed by atoms with E-state index in [0.717, 1.165) is 31.5 Å². The number of ether oxygens (including phenoxy) is 2. The van der Waals surface area contributed by atoms with Crippen molar-refractivity contribution in [2.75, 3.05) is 13.7 Å². The minimum Gasteiger partial charge on any atom is -0.493 e. The number of amides is 2. The fourth-order valence-electron chi connectivity index (χ4n) is 2.79. The molecule has 1 fully saturated rings. The molecule has 1 N–H and O–H groups in total. The summed E-state index contributed by atoms with van der Waals surface area (Å²) in [7, 11) is 1.56. The predicted molar refractivity (Wildman–Crippen MR) is 136 cm³/mol. The molecule has 6 nitrogen and oxygen atoms in total. The topological polar surface area (TPSA) is 67.9 Å². The number of hydrazine groups is 1. The van der Waals surface area contributed by atoms with Crippen molar-refractivity contribution in [3.05, 3.63) is 60.5 Å². The van der Waals surface area contributed by atoms with Gasteiger partial charge in [-0.2, -0.15) is 5.01 Å². The first-order valence-electron chi connectivity index (χ1n) is 9.10. The van der Waals surface area contributed by atoms with Crippen LogP contribution in [0.4, 0.5) is 0 Å². The molecule has 0 aromatic heterocycles. The van der Waals surface area contributed by atoms with Gasteiger partial charge in [-0.25, -0.2) is 0 Å². The number of rotatable bonds is 6. The Hall–Kier alpha value is -1.82. The van der Waals surface area contributed by atoms with E-state index in [1.165, 1.54) is 0 Å². The predicted octanol–water partition coefficient (Wildman–Crippen LogP) is 5.21. The van der Waals surface area contributed by atoms with Crippen molar-refractivity contribution in [2.24, 2.45) is 0 Å². The van der Waals surface area contributed by atoms with Crippen molar-refractivity contribution < 1.29 is 19.1 Å². The molecule has 0 saturated carbocycles. The van der Waals surface area contributed by atoms with E-state index in [1.807, 2.05) is 19.9 Å². The largest absolute Gasteiger partial charge is 0.493 e. The number of aryl methyl sites for hydroxylation is 1. The third-order valence-electron chi connectivity index (χ3n) is 4.21. The molecule has 162 valence electrons. The van der Waals surface area contributed by atoms with Gasteiger partial charge in [0.1, 0.15) is 0 Å². The zero-order valence-corrected chi connectivity index (χ0v) is 21.4. The quantitative estimate of drug-likeness (QED) is 0.284. The zero-order valence-electron chi connectivity index (χ0n) is 16.8. The van der Waals surface area contributed by atoms with Crippen LogP contribution in [0.15, 0.2) is 35.2 Å². The Kier molecular flexibility index (Phi) is 7.84. The van der Waals surface area contributed by atoms with Crippen LogP contribution < -0.4 is 14.9 Å². The average Bonchev–Trinajstić information content (AvgIpc) is 2.97. The molecule has 0 spiro atoms. The molecule has 2 amide bonds. The summed E-state index contributed by atoms with van der Waals surface area (Å²) < 4.78 is 12.1. The fourth-order valence-corrected chi connectivity index (χ4v) is 5.07. The Balaban J connectivity index is 1.83. The molecule has 0 bridgehead atoms. The van der Waals surface area contributed by atoms with Crippen LogP contribution in [-0.2, 0) is 4.79 Å². The zero-order chi connectivity index (χ0) is 22.7. The molecule has 2 aromatic rings. The standard InChI is InChI=1S/C21H18ClIN2O4S2/c1-4-29-18-15(23)8-12(9-16(18)28-3)10-17-20(27)25(21(30)31-17)24-19(26)13-6-5-11(2)7-14(13)22/h5-10H,4H2,1-3H3,(H,24,26)/b17-10+. The van der Waals surface area contributed by atoms with E-state index in [2.05, 4.69) is 28.0 Å². The molecule has 31 heavy (non-hydrogen) atoms. The van der Waals surface area contributed by atoms with Gasteiger partial charge >= 0.3 is 0 Å². The first kappa shape index (κ1) is 23.8. The second kappa shape index (κ2) is 10.2. The van der Waals surface area contributed by atoms with Gasteiger partial charge in [-0.15, -0.1) is 0 Å². The number of nitrogens with zero attached hydrogens (tertiary/aromatic N) is 1. The lowest BCUT2D eigenvalue weighted by Gasteiger charge is -2.16. The monoisotopic (exact) mass is 588 g/mol. The van der Waals surface area contributed by atoms with Crippen molar-refractivity contribution in [2.45, 2.75) is 13.8 Å². The highest BCUT2D eigenvalue weighted by Gasteiger charge is 2.34. The van der Waals surface area contributed by atoms with Gasteiger partial charge in [-0.1, -0.05) is 29.4 Å². The molecule has 1 aliphatic heterocycles. The van der Waals surface area contributed by atoms with Gasteiger partial charge in [0.05, 0.1) is 32.8 Å². The molecule has 0 aliphatic carbocycles. The molecule has 0 radical (unpaired) electrons. The highest BCUT2D eigenvalue weighted by Crippen LogP contribution is 2.37. The summed E-state index contributed by atoms with van der Waals surface area (Å²) in [5, 5.41) is 1.36. The fraction of sp³-hybridized carbons (Fsp3) is 0.190. The van der Waals surface area contributed by atoms with Crippen LogP contribution in [0.25, 0.3) is 6.08 Å². The molecule has 10 heteroatoms. The van der Waals surface area contributed by atoms with E-state index < -0.39 is 11.8 Å². The number of methoxy groups -OCH3 is 1. The number of carbonyl (C=O) groups is 2. The van der Waals surface area contributed by atoms with Crippen LogP contribution in [0, 0.1) is 10.5 Å². The third-order valence-corrected chi connectivity index (χ3v) is 6.63. The number of halogens is 2. The van der Waals surface area contributed by atoms with Gasteiger partial charge in [0.2, 0.25) is 0 Å². The van der Waals surface area contributed by atoms with Crippen LogP contribution >= 0.6 is 58.2 Å². The molecule has 3 rings (SSSR count). The van der Waals surface area contributed by atoms with Crippen LogP contribution in [-0.4, -0.2) is 34.9 Å². The Morgan fingerprint density at radius 2 is 2.10 bits per heavy atom. The Bertz CT molecular complexity index is 1110. The maximum atomic E-state index is 12.9. The van der Waals surface area contributed by atoms with Gasteiger partial charge in [0, 0.05) is 0 Å². The summed E-state index contributed by atoms with van der Waals surface area (Å²) in [5.41, 5.74) is 4.48. The van der Waals surface area contributed by atoms with E-state index in [4.69, 9.17) is 33.3 Å². The minimum atomic E-state index is -0.514. The molecule has 0 atom stereocenters. The summed E-state index contributed by atoms with van der Waals surface area (Å²) in [6, 6.07) is 8.72. The number of hydrogen-bond acceptors (Lipinski definition) is 6. The van der Waals surface area contributed by atoms with Gasteiger partial charge in [0.25, 0.3) is 11.8 Å². The van der Waals surface area contributed by atoms with Crippen molar-refractivity contribution in [3.63, 3.8) is 0 Å². The summed E-state index contributed by atoms with van der Waals surface area (Å²) in [5.74, 6) is 0.282. The molecule has 1 aliphatic rings. The second-order valence-electron chi connectivity index (χ2n) is 6.41. The maximum absolute atomic E-state index is 12.9. The molecule has 0 unspecified atom stereocenters. The van der Waals surface area contributed by atoms with E-state index >= 15 is 0 Å². The molecular formula is C21H18ClIN2O4S2. The highest BCUT2D eigenvalue weighted by atomic mass is 127. The lowest BCUT2D eigenvalue weighted by atomic mass is 10.1. The average molecular weight is 589 g/mol. The van der Waals surface area contributed by atoms with Gasteiger partial charge in [-0.05, 0) is 90.1 Å². The summed E-state index contributed by atoms with van der Waals surface area (Å²) in [6.07, 6.45) is 1.70. The lowest BCUT2D eigenvalue weighted by Crippen LogP contribution is -2.44. The number of hydrogen-bond donors (Lipinski definition) is 1. The molecule has 1 saturated heterocycles. The SMILES string of the molecule is CCOc1c(I)cc(/C=C2/SC(=S)N(NC(=O)c3ccc(C)cc3Cl)C2=O)cc1OC. The Labute approximate surface area is 208 Å². The van der Waals surface area contributed by atoms with Gasteiger partial charge in [-0.3, -0.25) is 15.0 Å². The number of thioether (sulfide) groups is 1. The highest BCUT2D eigenvalue weighted by molar-refractivity contribution is 14.1. The van der Waals surface area contributed by atoms with Gasteiger partial charge < -0.3 is 9.47 Å². The number of carbonyl (C=O) groups excluding carboxylic acids is 2. The third kappa shape index (κ3) is 5.33. The molecule has 1 heterocycles. The Morgan fingerprint density at radius 3 is 2.74 bits per heavy atom. The summed E-state index contributed by atoms with van der Waals surface area (Å²) in [4.78, 5) is 25.9. The van der Waals surface area contributed by atoms with Crippen LogP contribution in [0.3, 0.4) is 0 Å². The van der Waals surface area contributed by atoms with Crippen LogP contribution in [0.2, 0.25) is 5.02 Å². The van der Waals surface area contributed by atoms with E-state index in [9.17, 15) is 9.59 Å². The van der Waals surface area contributed by atoms with Crippen LogP contribution in [0.5, 0.6) is 11.5 Å². The summed E-state index contributed by atoms with van der Waals surface area (Å²) >= 11 is 14.7. The van der Waals surface area contributed by atoms with Crippen LogP contribution in [0.1, 0.15) is 28.4 Å². The first-order valence-corrected chi connectivity index (χ1v) is 11.8. The van der Waals surface area contributed by atoms with Gasteiger partial charge in [0.15, 0.2) is 15.8 Å². The number of nitrogens with one attached hydrogen (secondary N) is 1. The molecular weight excluding hydrogens is 571 g/mol. The first-order chi connectivity index (χ1) is 14.7. The number of benzene rings is 2. The van der Waals surface area contributed by atoms with E-state index in [0.29, 0.717) is 28.0 Å². The van der Waals surface area contributed by atoms with Crippen molar-refractivity contribution in [3.8, 4) is 11.5 Å². The van der Waals surface area contributed by atoms with E-state index in [1.54, 1.807) is 37.5 Å². The van der Waals surface area contributed by atoms with Crippen molar-refractivity contribution in [1.82, 2.24) is 10.4 Å². The molecule has 2 aromatic carbocycles. The van der Waals surface area contributed by atoms with E-state index in [-0.39, 0.29) is 9.88 Å². The Morgan fingerprint density at radius 1 is 1.35 bits per heavy atom. The lowest BCUT2D eigenvalue weighted by molar-refractivity contribution is -0.123. The number of thiocarbonyl (C=S) groups is 1. The smallest absolute Gasteiger partial charge is 0.285 e. The minimum absolute atomic E-state index is 0.223. The normalized spacial score (nSPS) is 14.9. The maximum Gasteiger partial charge on any atom is 0.285 e. The van der Waals surface area contributed by atoms with Crippen molar-refractivity contribution in [1.29, 1.82) is 0 Å².